The third kappa shape index (κ3) is 5.73. The average Bonchev–Trinajstić information content (AvgIpc) is 3.19. The molecule has 1 aliphatic heterocycles. The highest BCUT2D eigenvalue weighted by molar-refractivity contribution is 7.89. The Kier molecular flexibility index (Phi) is 9.08. The Morgan fingerprint density at radius 2 is 1.97 bits per heavy atom. The molecule has 2 aromatic heterocycles. The van der Waals surface area contributed by atoms with Crippen molar-refractivity contribution in [1.29, 1.82) is 0 Å². The lowest BCUT2D eigenvalue weighted by Crippen LogP contribution is -2.38. The number of fused-ring (bicyclic) bond motifs is 1. The molecule has 1 aliphatic rings. The van der Waals surface area contributed by atoms with Crippen molar-refractivity contribution >= 4 is 21.8 Å². The van der Waals surface area contributed by atoms with Crippen LogP contribution in [0.5, 0.6) is 5.75 Å². The predicted molar refractivity (Wildman–Crippen MR) is 148 cm³/mol. The van der Waals surface area contributed by atoms with Crippen LogP contribution in [0.15, 0.2) is 33.0 Å². The fraction of sp³-hybridized carbons (Fsp3) is 0.519. The molecule has 0 atom stereocenters. The van der Waals surface area contributed by atoms with Gasteiger partial charge in [0.2, 0.25) is 10.0 Å². The molecule has 212 valence electrons. The van der Waals surface area contributed by atoms with E-state index < -0.39 is 15.6 Å². The van der Waals surface area contributed by atoms with Crippen molar-refractivity contribution < 1.29 is 23.5 Å². The fourth-order valence-electron chi connectivity index (χ4n) is 5.21. The number of hydrogen-bond donors (Lipinski definition) is 3. The molecule has 0 aliphatic carbocycles. The van der Waals surface area contributed by atoms with Gasteiger partial charge in [0, 0.05) is 25.3 Å². The second-order valence-electron chi connectivity index (χ2n) is 9.91. The third-order valence-electron chi connectivity index (χ3n) is 7.27. The maximum absolute atomic E-state index is 13.6. The highest BCUT2D eigenvalue weighted by atomic mass is 32.2. The fourth-order valence-corrected chi connectivity index (χ4v) is 6.71. The maximum atomic E-state index is 13.6. The number of aryl methyl sites for hydroxylation is 2. The number of nitrogens with zero attached hydrogens (tertiary/aromatic N) is 4. The van der Waals surface area contributed by atoms with E-state index in [4.69, 9.17) is 9.84 Å². The maximum Gasteiger partial charge on any atom is 0.275 e. The zero-order chi connectivity index (χ0) is 28.2. The number of hydrogen-bond acceptors (Lipinski definition) is 8. The zero-order valence-electron chi connectivity index (χ0n) is 22.7. The minimum Gasteiger partial charge on any atom is -0.493 e. The van der Waals surface area contributed by atoms with Crippen LogP contribution < -0.4 is 10.3 Å². The lowest BCUT2D eigenvalue weighted by molar-refractivity contribution is 0.208. The van der Waals surface area contributed by atoms with Crippen molar-refractivity contribution in [3.63, 3.8) is 0 Å². The normalized spacial score (nSPS) is 15.5. The van der Waals surface area contributed by atoms with Crippen LogP contribution in [0.1, 0.15) is 62.8 Å². The van der Waals surface area contributed by atoms with E-state index in [-0.39, 0.29) is 17.3 Å². The van der Waals surface area contributed by atoms with Crippen LogP contribution in [0.2, 0.25) is 0 Å². The number of oxime groups is 1. The number of aliphatic hydroxyl groups excluding tert-OH is 1. The molecule has 0 spiro atoms. The van der Waals surface area contributed by atoms with Crippen molar-refractivity contribution in [2.45, 2.75) is 64.2 Å². The van der Waals surface area contributed by atoms with E-state index in [2.05, 4.69) is 10.1 Å². The Labute approximate surface area is 228 Å². The monoisotopic (exact) mass is 559 g/mol. The summed E-state index contributed by atoms with van der Waals surface area (Å²) < 4.78 is 36.2. The summed E-state index contributed by atoms with van der Waals surface area (Å²) in [5.74, 6) is 0.904. The van der Waals surface area contributed by atoms with Crippen LogP contribution in [0.3, 0.4) is 0 Å². The van der Waals surface area contributed by atoms with Crippen molar-refractivity contribution in [2.24, 2.45) is 11.1 Å². The van der Waals surface area contributed by atoms with Gasteiger partial charge in [-0.2, -0.15) is 4.31 Å². The standard InChI is InChI=1S/C27H37N5O6S/c1-4-6-23-22(17-28-35)18(3)25-27(34)29-26(30-32(23)25)21-16-20(7-8-24(21)38-15-5-2)39(36,37)31-12-9-19(10-13-31)11-14-33/h7-8,16-17,19,33,35H,4-6,9-15H2,1-3H3,(H,29,30,34)/b28-17+. The summed E-state index contributed by atoms with van der Waals surface area (Å²) in [7, 11) is -3.80. The Hall–Kier alpha value is -3.22. The first kappa shape index (κ1) is 28.8. The van der Waals surface area contributed by atoms with Gasteiger partial charge in [-0.15, -0.1) is 5.10 Å². The van der Waals surface area contributed by atoms with Gasteiger partial charge in [0.25, 0.3) is 5.56 Å². The summed E-state index contributed by atoms with van der Waals surface area (Å²) in [5, 5.41) is 26.3. The van der Waals surface area contributed by atoms with Crippen LogP contribution in [0.4, 0.5) is 0 Å². The van der Waals surface area contributed by atoms with Gasteiger partial charge in [-0.05, 0) is 68.7 Å². The van der Waals surface area contributed by atoms with E-state index in [1.807, 2.05) is 13.8 Å². The first-order valence-electron chi connectivity index (χ1n) is 13.5. The molecular weight excluding hydrogens is 522 g/mol. The Morgan fingerprint density at radius 3 is 2.62 bits per heavy atom. The van der Waals surface area contributed by atoms with E-state index in [1.54, 1.807) is 17.5 Å². The smallest absolute Gasteiger partial charge is 0.275 e. The number of sulfonamides is 1. The number of rotatable bonds is 11. The van der Waals surface area contributed by atoms with E-state index in [1.165, 1.54) is 22.7 Å². The second-order valence-corrected chi connectivity index (χ2v) is 11.8. The van der Waals surface area contributed by atoms with Crippen LogP contribution >= 0.6 is 0 Å². The summed E-state index contributed by atoms with van der Waals surface area (Å²) in [6.07, 6.45) is 5.48. The molecule has 0 unspecified atom stereocenters. The van der Waals surface area contributed by atoms with Crippen molar-refractivity contribution in [3.05, 3.63) is 45.4 Å². The number of aromatic nitrogens is 3. The number of aliphatic hydroxyl groups is 1. The molecule has 1 saturated heterocycles. The summed E-state index contributed by atoms with van der Waals surface area (Å²) in [6, 6.07) is 4.65. The number of nitrogens with one attached hydrogen (secondary N) is 1. The summed E-state index contributed by atoms with van der Waals surface area (Å²) >= 11 is 0. The van der Waals surface area contributed by atoms with Gasteiger partial charge in [-0.3, -0.25) is 4.79 Å². The molecule has 3 aromatic rings. The molecule has 0 radical (unpaired) electrons. The van der Waals surface area contributed by atoms with Gasteiger partial charge < -0.3 is 20.0 Å². The largest absolute Gasteiger partial charge is 0.493 e. The number of piperidine rings is 1. The molecular formula is C27H37N5O6S. The highest BCUT2D eigenvalue weighted by Gasteiger charge is 2.30. The number of H-pyrrole nitrogens is 1. The van der Waals surface area contributed by atoms with Crippen LogP contribution in [-0.2, 0) is 16.4 Å². The Balaban J connectivity index is 1.84. The van der Waals surface area contributed by atoms with Gasteiger partial charge in [0.1, 0.15) is 11.3 Å². The van der Waals surface area contributed by atoms with Gasteiger partial charge in [-0.25, -0.2) is 12.9 Å². The van der Waals surface area contributed by atoms with Crippen LogP contribution in [-0.4, -0.2) is 70.2 Å². The third-order valence-corrected chi connectivity index (χ3v) is 9.17. The van der Waals surface area contributed by atoms with Crippen molar-refractivity contribution in [3.8, 4) is 17.1 Å². The minimum atomic E-state index is -3.80. The van der Waals surface area contributed by atoms with Crippen molar-refractivity contribution in [1.82, 2.24) is 18.9 Å². The summed E-state index contributed by atoms with van der Waals surface area (Å²) in [6.45, 7) is 7.02. The SMILES string of the molecule is CCCOc1ccc(S(=O)(=O)N2CCC(CCO)CC2)cc1-c1nn2c(CCC)c(/C=N/O)c(C)c2c(=O)[nH]1. The van der Waals surface area contributed by atoms with E-state index >= 15 is 0 Å². The Bertz CT molecular complexity index is 1500. The van der Waals surface area contributed by atoms with Gasteiger partial charge in [0.05, 0.1) is 29.0 Å². The molecule has 3 N–H and O–H groups in total. The van der Waals surface area contributed by atoms with Crippen LogP contribution in [0, 0.1) is 12.8 Å². The Morgan fingerprint density at radius 1 is 1.23 bits per heavy atom. The minimum absolute atomic E-state index is 0.0928. The van der Waals surface area contributed by atoms with E-state index in [9.17, 15) is 23.5 Å². The molecule has 0 saturated carbocycles. The van der Waals surface area contributed by atoms with Gasteiger partial charge >= 0.3 is 0 Å². The summed E-state index contributed by atoms with van der Waals surface area (Å²) in [4.78, 5) is 16.2. The predicted octanol–water partition coefficient (Wildman–Crippen LogP) is 3.33. The number of aromatic amines is 1. The molecule has 11 nitrogen and oxygen atoms in total. The van der Waals surface area contributed by atoms with Crippen molar-refractivity contribution in [2.75, 3.05) is 26.3 Å². The molecule has 3 heterocycles. The molecule has 4 rings (SSSR count). The highest BCUT2D eigenvalue weighted by Crippen LogP contribution is 2.33. The lowest BCUT2D eigenvalue weighted by atomic mass is 9.95. The molecule has 1 aromatic carbocycles. The van der Waals surface area contributed by atoms with Crippen LogP contribution in [0.25, 0.3) is 16.9 Å². The lowest BCUT2D eigenvalue weighted by Gasteiger charge is -2.31. The molecule has 1 fully saturated rings. The quantitative estimate of drug-likeness (QED) is 0.185. The number of benzene rings is 1. The van der Waals surface area contributed by atoms with Gasteiger partial charge in [0.15, 0.2) is 5.82 Å². The number of ether oxygens (including phenoxy) is 1. The topological polar surface area (TPSA) is 150 Å². The molecule has 0 amide bonds. The first-order valence-corrected chi connectivity index (χ1v) is 14.9. The second kappa shape index (κ2) is 12.3. The average molecular weight is 560 g/mol. The summed E-state index contributed by atoms with van der Waals surface area (Å²) in [5.41, 5.74) is 2.29. The van der Waals surface area contributed by atoms with E-state index in [0.717, 1.165) is 18.5 Å². The molecule has 39 heavy (non-hydrogen) atoms. The molecule has 12 heteroatoms. The van der Waals surface area contributed by atoms with E-state index in [0.29, 0.717) is 79.3 Å². The molecule has 0 bridgehead atoms. The zero-order valence-corrected chi connectivity index (χ0v) is 23.5. The first-order chi connectivity index (χ1) is 18.8. The van der Waals surface area contributed by atoms with Gasteiger partial charge in [-0.1, -0.05) is 25.4 Å².